The number of methoxy groups -OCH3 is 1. The van der Waals surface area contributed by atoms with Crippen molar-refractivity contribution in [3.8, 4) is 5.75 Å². The highest BCUT2D eigenvalue weighted by atomic mass is 16.5. The molecule has 0 atom stereocenters. The van der Waals surface area contributed by atoms with Gasteiger partial charge in [0.25, 0.3) is 5.91 Å². The van der Waals surface area contributed by atoms with E-state index in [9.17, 15) is 9.59 Å². The molecule has 1 fully saturated rings. The number of esters is 1. The lowest BCUT2D eigenvalue weighted by atomic mass is 10.2. The largest absolute Gasteiger partial charge is 0.497 e. The molecule has 0 unspecified atom stereocenters. The summed E-state index contributed by atoms with van der Waals surface area (Å²) >= 11 is 0. The van der Waals surface area contributed by atoms with E-state index in [0.29, 0.717) is 12.3 Å². The first-order valence-electron chi connectivity index (χ1n) is 8.23. The molecule has 1 aromatic carbocycles. The van der Waals surface area contributed by atoms with Gasteiger partial charge in [-0.2, -0.15) is 0 Å². The number of carbonyl (C=O) groups excluding carboxylic acids is 2. The maximum Gasteiger partial charge on any atom is 0.374 e. The van der Waals surface area contributed by atoms with E-state index in [2.05, 4.69) is 0 Å². The first-order chi connectivity index (χ1) is 12.1. The van der Waals surface area contributed by atoms with Crippen molar-refractivity contribution >= 4 is 11.9 Å². The predicted octanol–water partition coefficient (Wildman–Crippen LogP) is 2.94. The zero-order chi connectivity index (χ0) is 17.8. The summed E-state index contributed by atoms with van der Waals surface area (Å²) in [6.07, 6.45) is 1.96. The van der Waals surface area contributed by atoms with Gasteiger partial charge in [-0.05, 0) is 49.6 Å². The summed E-state index contributed by atoms with van der Waals surface area (Å²) in [4.78, 5) is 26.2. The van der Waals surface area contributed by atoms with E-state index in [4.69, 9.17) is 13.9 Å². The molecule has 1 aliphatic rings. The van der Waals surface area contributed by atoms with Crippen LogP contribution >= 0.6 is 0 Å². The third kappa shape index (κ3) is 4.41. The number of furan rings is 1. The van der Waals surface area contributed by atoms with Gasteiger partial charge in [0.2, 0.25) is 5.76 Å². The fourth-order valence-electron chi connectivity index (χ4n) is 2.56. The van der Waals surface area contributed by atoms with E-state index < -0.39 is 5.97 Å². The summed E-state index contributed by atoms with van der Waals surface area (Å²) < 4.78 is 15.4. The van der Waals surface area contributed by atoms with Crippen LogP contribution < -0.4 is 4.74 Å². The van der Waals surface area contributed by atoms with E-state index in [0.717, 1.165) is 24.2 Å². The quantitative estimate of drug-likeness (QED) is 0.723. The van der Waals surface area contributed by atoms with Gasteiger partial charge < -0.3 is 18.8 Å². The molecule has 0 radical (unpaired) electrons. The highest BCUT2D eigenvalue weighted by Gasteiger charge is 2.33. The third-order valence-electron chi connectivity index (χ3n) is 4.09. The van der Waals surface area contributed by atoms with E-state index in [1.54, 1.807) is 25.0 Å². The zero-order valence-corrected chi connectivity index (χ0v) is 14.4. The van der Waals surface area contributed by atoms with Crippen molar-refractivity contribution < 1.29 is 23.5 Å². The van der Waals surface area contributed by atoms with Crippen molar-refractivity contribution in [1.29, 1.82) is 0 Å². The Balaban J connectivity index is 1.58. The number of carbonyl (C=O) groups is 2. The van der Waals surface area contributed by atoms with E-state index in [1.165, 1.54) is 6.07 Å². The molecule has 0 bridgehead atoms. The Labute approximate surface area is 146 Å². The average molecular weight is 343 g/mol. The highest BCUT2D eigenvalue weighted by molar-refractivity contribution is 5.89. The van der Waals surface area contributed by atoms with Crippen LogP contribution in [0.25, 0.3) is 0 Å². The minimum absolute atomic E-state index is 0.110. The van der Waals surface area contributed by atoms with Crippen LogP contribution in [0.2, 0.25) is 0 Å². The maximum atomic E-state index is 12.5. The van der Waals surface area contributed by atoms with E-state index in [1.807, 2.05) is 24.3 Å². The maximum absolute atomic E-state index is 12.5. The van der Waals surface area contributed by atoms with Crippen molar-refractivity contribution in [2.75, 3.05) is 13.7 Å². The van der Waals surface area contributed by atoms with Crippen LogP contribution in [-0.4, -0.2) is 36.5 Å². The minimum atomic E-state index is -0.623. The topological polar surface area (TPSA) is 69.0 Å². The summed E-state index contributed by atoms with van der Waals surface area (Å²) in [6.45, 7) is 1.95. The first-order valence-corrected chi connectivity index (χ1v) is 8.23. The second-order valence-corrected chi connectivity index (χ2v) is 6.09. The van der Waals surface area contributed by atoms with Crippen LogP contribution in [0.3, 0.4) is 0 Å². The van der Waals surface area contributed by atoms with Crippen LogP contribution in [0.15, 0.2) is 40.8 Å². The van der Waals surface area contributed by atoms with Gasteiger partial charge in [-0.1, -0.05) is 12.1 Å². The SMILES string of the molecule is COc1ccc(CN(C(=O)COC(=O)c2ccc(C)o2)C2CC2)cc1. The van der Waals surface area contributed by atoms with Crippen LogP contribution in [0.4, 0.5) is 0 Å². The highest BCUT2D eigenvalue weighted by Crippen LogP contribution is 2.29. The molecule has 1 heterocycles. The number of ether oxygens (including phenoxy) is 2. The molecule has 1 aliphatic carbocycles. The molecule has 6 nitrogen and oxygen atoms in total. The molecular weight excluding hydrogens is 322 g/mol. The average Bonchev–Trinajstić information content (AvgIpc) is 3.38. The normalized spacial score (nSPS) is 13.4. The number of hydrogen-bond acceptors (Lipinski definition) is 5. The number of rotatable bonds is 7. The summed E-state index contributed by atoms with van der Waals surface area (Å²) in [5.41, 5.74) is 1.01. The van der Waals surface area contributed by atoms with Gasteiger partial charge in [-0.3, -0.25) is 4.79 Å². The second kappa shape index (κ2) is 7.42. The van der Waals surface area contributed by atoms with Gasteiger partial charge in [-0.15, -0.1) is 0 Å². The Morgan fingerprint density at radius 1 is 1.16 bits per heavy atom. The second-order valence-electron chi connectivity index (χ2n) is 6.09. The number of hydrogen-bond donors (Lipinski definition) is 0. The lowest BCUT2D eigenvalue weighted by Gasteiger charge is -2.22. The molecule has 132 valence electrons. The molecule has 6 heteroatoms. The van der Waals surface area contributed by atoms with Crippen LogP contribution in [0.1, 0.15) is 34.7 Å². The standard InChI is InChI=1S/C19H21NO5/c1-13-3-10-17(25-13)19(22)24-12-18(21)20(15-6-7-15)11-14-4-8-16(23-2)9-5-14/h3-5,8-10,15H,6-7,11-12H2,1-2H3. The number of benzene rings is 1. The zero-order valence-electron chi connectivity index (χ0n) is 14.4. The van der Waals surface area contributed by atoms with Gasteiger partial charge in [0.05, 0.1) is 7.11 Å². The van der Waals surface area contributed by atoms with Crippen molar-refractivity contribution in [3.63, 3.8) is 0 Å². The Morgan fingerprint density at radius 3 is 2.44 bits per heavy atom. The van der Waals surface area contributed by atoms with Gasteiger partial charge in [0, 0.05) is 12.6 Å². The van der Waals surface area contributed by atoms with Crippen molar-refractivity contribution in [2.24, 2.45) is 0 Å². The number of nitrogens with zero attached hydrogens (tertiary/aromatic N) is 1. The fourth-order valence-corrected chi connectivity index (χ4v) is 2.56. The van der Waals surface area contributed by atoms with Crippen molar-refractivity contribution in [2.45, 2.75) is 32.4 Å². The monoisotopic (exact) mass is 343 g/mol. The lowest BCUT2D eigenvalue weighted by Crippen LogP contribution is -2.36. The molecule has 25 heavy (non-hydrogen) atoms. The van der Waals surface area contributed by atoms with Crippen LogP contribution in [0.5, 0.6) is 5.75 Å². The van der Waals surface area contributed by atoms with E-state index >= 15 is 0 Å². The van der Waals surface area contributed by atoms with Crippen molar-refractivity contribution in [3.05, 3.63) is 53.5 Å². The van der Waals surface area contributed by atoms with Crippen LogP contribution in [0, 0.1) is 6.92 Å². The molecule has 3 rings (SSSR count). The van der Waals surface area contributed by atoms with Gasteiger partial charge in [-0.25, -0.2) is 4.79 Å². The Bertz CT molecular complexity index is 745. The van der Waals surface area contributed by atoms with E-state index in [-0.39, 0.29) is 24.3 Å². The molecule has 0 aliphatic heterocycles. The van der Waals surface area contributed by atoms with Crippen LogP contribution in [-0.2, 0) is 16.1 Å². The molecule has 1 aromatic heterocycles. The molecular formula is C19H21NO5. The summed E-state index contributed by atoms with van der Waals surface area (Å²) in [7, 11) is 1.61. The molecule has 0 N–H and O–H groups in total. The fraction of sp³-hybridized carbons (Fsp3) is 0.368. The number of aryl methyl sites for hydroxylation is 1. The molecule has 0 saturated heterocycles. The smallest absolute Gasteiger partial charge is 0.374 e. The first kappa shape index (κ1) is 17.1. The molecule has 1 amide bonds. The number of amides is 1. The Morgan fingerprint density at radius 2 is 1.88 bits per heavy atom. The van der Waals surface area contributed by atoms with Gasteiger partial charge >= 0.3 is 5.97 Å². The Hall–Kier alpha value is -2.76. The predicted molar refractivity (Wildman–Crippen MR) is 90.3 cm³/mol. The van der Waals surface area contributed by atoms with Gasteiger partial charge in [0.1, 0.15) is 11.5 Å². The van der Waals surface area contributed by atoms with Crippen molar-refractivity contribution in [1.82, 2.24) is 4.90 Å². The summed E-state index contributed by atoms with van der Waals surface area (Å²) in [5, 5.41) is 0. The molecule has 2 aromatic rings. The summed E-state index contributed by atoms with van der Waals surface area (Å²) in [5.74, 6) is 0.683. The summed E-state index contributed by atoms with van der Waals surface area (Å²) in [6, 6.07) is 11.0. The van der Waals surface area contributed by atoms with Gasteiger partial charge in [0.15, 0.2) is 6.61 Å². The molecule has 0 spiro atoms. The Kier molecular flexibility index (Phi) is 5.07. The lowest BCUT2D eigenvalue weighted by molar-refractivity contribution is -0.135. The third-order valence-corrected chi connectivity index (χ3v) is 4.09. The molecule has 1 saturated carbocycles. The minimum Gasteiger partial charge on any atom is -0.497 e.